The van der Waals surface area contributed by atoms with Crippen molar-refractivity contribution in [3.05, 3.63) is 59.4 Å². The molecule has 0 aliphatic rings. The zero-order valence-electron chi connectivity index (χ0n) is 12.8. The topological polar surface area (TPSA) is 68.0 Å². The first-order chi connectivity index (χ1) is 12.0. The van der Waals surface area contributed by atoms with Gasteiger partial charge < -0.3 is 11.1 Å². The fourth-order valence-electron chi connectivity index (χ4n) is 2.07. The van der Waals surface area contributed by atoms with Crippen LogP contribution in [-0.4, -0.2) is 16.6 Å². The number of carbonyl (C=O) groups is 1. The molecule has 3 aromatic rings. The molecule has 0 atom stereocenters. The summed E-state index contributed by atoms with van der Waals surface area (Å²) in [6, 6.07) is 13.7. The number of nitrogens with two attached hydrogens (primary N) is 1. The third-order valence-electron chi connectivity index (χ3n) is 3.21. The number of thiazole rings is 1. The van der Waals surface area contributed by atoms with Crippen LogP contribution in [0.2, 0.25) is 5.02 Å². The standard InChI is InChI=1S/C17H13ClFN3OS2/c18-12-8-11(6-7-13(12)19)21-14(23)9-24-17-22-15(16(20)25-17)10-4-2-1-3-5-10/h1-8H,9,20H2,(H,21,23). The van der Waals surface area contributed by atoms with Crippen molar-refractivity contribution in [2.45, 2.75) is 4.34 Å². The van der Waals surface area contributed by atoms with Gasteiger partial charge >= 0.3 is 0 Å². The van der Waals surface area contributed by atoms with Crippen LogP contribution in [0.4, 0.5) is 15.1 Å². The number of nitrogens with zero attached hydrogens (tertiary/aromatic N) is 1. The number of amides is 1. The van der Waals surface area contributed by atoms with E-state index in [1.54, 1.807) is 0 Å². The van der Waals surface area contributed by atoms with Crippen LogP contribution >= 0.6 is 34.7 Å². The summed E-state index contributed by atoms with van der Waals surface area (Å²) in [4.78, 5) is 16.5. The van der Waals surface area contributed by atoms with Gasteiger partial charge in [-0.3, -0.25) is 4.79 Å². The van der Waals surface area contributed by atoms with E-state index in [1.165, 1.54) is 41.3 Å². The molecule has 0 saturated carbocycles. The highest BCUT2D eigenvalue weighted by molar-refractivity contribution is 8.01. The van der Waals surface area contributed by atoms with Gasteiger partial charge in [0.25, 0.3) is 0 Å². The van der Waals surface area contributed by atoms with E-state index in [0.29, 0.717) is 15.0 Å². The monoisotopic (exact) mass is 393 g/mol. The molecule has 1 heterocycles. The van der Waals surface area contributed by atoms with E-state index in [2.05, 4.69) is 10.3 Å². The second-order valence-corrected chi connectivity index (χ2v) is 7.68. The van der Waals surface area contributed by atoms with E-state index < -0.39 is 5.82 Å². The first kappa shape index (κ1) is 17.7. The second kappa shape index (κ2) is 7.86. The highest BCUT2D eigenvalue weighted by atomic mass is 35.5. The molecule has 8 heteroatoms. The molecule has 0 aliphatic carbocycles. The van der Waals surface area contributed by atoms with E-state index in [4.69, 9.17) is 17.3 Å². The van der Waals surface area contributed by atoms with Crippen molar-refractivity contribution in [1.29, 1.82) is 0 Å². The van der Waals surface area contributed by atoms with Gasteiger partial charge in [-0.05, 0) is 18.2 Å². The molecule has 2 aromatic carbocycles. The lowest BCUT2D eigenvalue weighted by atomic mass is 10.2. The molecule has 128 valence electrons. The summed E-state index contributed by atoms with van der Waals surface area (Å²) in [6.07, 6.45) is 0. The highest BCUT2D eigenvalue weighted by Gasteiger charge is 2.13. The number of hydrogen-bond acceptors (Lipinski definition) is 5. The van der Waals surface area contributed by atoms with Gasteiger partial charge in [0, 0.05) is 11.3 Å². The number of halogens is 2. The van der Waals surface area contributed by atoms with Crippen LogP contribution in [0, 0.1) is 5.82 Å². The largest absolute Gasteiger partial charge is 0.389 e. The van der Waals surface area contributed by atoms with Crippen molar-refractivity contribution >= 4 is 51.3 Å². The average molecular weight is 394 g/mol. The summed E-state index contributed by atoms with van der Waals surface area (Å²) in [5.74, 6) is -0.598. The highest BCUT2D eigenvalue weighted by Crippen LogP contribution is 2.35. The van der Waals surface area contributed by atoms with Crippen molar-refractivity contribution in [2.75, 3.05) is 16.8 Å². The van der Waals surface area contributed by atoms with Gasteiger partial charge in [0.05, 0.1) is 10.8 Å². The molecule has 3 rings (SSSR count). The Balaban J connectivity index is 1.62. The summed E-state index contributed by atoms with van der Waals surface area (Å²) >= 11 is 8.33. The Labute approximate surface area is 157 Å². The van der Waals surface area contributed by atoms with E-state index in [9.17, 15) is 9.18 Å². The predicted octanol–water partition coefficient (Wildman–Crippen LogP) is 4.92. The maximum Gasteiger partial charge on any atom is 0.234 e. The lowest BCUT2D eigenvalue weighted by Crippen LogP contribution is -2.13. The van der Waals surface area contributed by atoms with Gasteiger partial charge in [-0.25, -0.2) is 9.37 Å². The third-order valence-corrected chi connectivity index (χ3v) is 5.53. The molecule has 25 heavy (non-hydrogen) atoms. The van der Waals surface area contributed by atoms with Gasteiger partial charge in [-0.2, -0.15) is 0 Å². The average Bonchev–Trinajstić information content (AvgIpc) is 2.98. The van der Waals surface area contributed by atoms with E-state index in [1.807, 2.05) is 30.3 Å². The molecule has 0 bridgehead atoms. The smallest absolute Gasteiger partial charge is 0.234 e. The molecule has 1 aromatic heterocycles. The first-order valence-corrected chi connectivity index (χ1v) is 9.40. The van der Waals surface area contributed by atoms with Crippen LogP contribution in [0.3, 0.4) is 0 Å². The lowest BCUT2D eigenvalue weighted by Gasteiger charge is -2.05. The maximum absolute atomic E-state index is 13.1. The fourth-order valence-corrected chi connectivity index (χ4v) is 4.00. The van der Waals surface area contributed by atoms with Crippen LogP contribution in [0.15, 0.2) is 52.9 Å². The number of carbonyl (C=O) groups excluding carboxylic acids is 1. The van der Waals surface area contributed by atoms with Crippen molar-refractivity contribution in [3.63, 3.8) is 0 Å². The first-order valence-electron chi connectivity index (χ1n) is 7.22. The minimum Gasteiger partial charge on any atom is -0.389 e. The molecule has 0 saturated heterocycles. The second-order valence-electron chi connectivity index (χ2n) is 5.02. The summed E-state index contributed by atoms with van der Waals surface area (Å²) in [5, 5.41) is 3.24. The van der Waals surface area contributed by atoms with Crippen molar-refractivity contribution in [3.8, 4) is 11.3 Å². The molecular formula is C17H13ClFN3OS2. The van der Waals surface area contributed by atoms with Gasteiger partial charge in [-0.15, -0.1) is 0 Å². The molecule has 1 amide bonds. The quantitative estimate of drug-likeness (QED) is 0.604. The Morgan fingerprint density at radius 1 is 1.28 bits per heavy atom. The molecule has 0 radical (unpaired) electrons. The van der Waals surface area contributed by atoms with Crippen LogP contribution in [-0.2, 0) is 4.79 Å². The number of rotatable bonds is 5. The van der Waals surface area contributed by atoms with Crippen LogP contribution in [0.1, 0.15) is 0 Å². The summed E-state index contributed by atoms with van der Waals surface area (Å²) in [6.45, 7) is 0. The summed E-state index contributed by atoms with van der Waals surface area (Å²) in [7, 11) is 0. The molecular weight excluding hydrogens is 381 g/mol. The van der Waals surface area contributed by atoms with E-state index in [-0.39, 0.29) is 16.7 Å². The van der Waals surface area contributed by atoms with Crippen LogP contribution in [0.5, 0.6) is 0 Å². The Bertz CT molecular complexity index is 902. The van der Waals surface area contributed by atoms with Gasteiger partial charge in [0.1, 0.15) is 16.5 Å². The normalized spacial score (nSPS) is 10.6. The SMILES string of the molecule is Nc1sc(SCC(=O)Nc2ccc(F)c(Cl)c2)nc1-c1ccccc1. The zero-order valence-corrected chi connectivity index (χ0v) is 15.2. The molecule has 0 aliphatic heterocycles. The van der Waals surface area contributed by atoms with E-state index >= 15 is 0 Å². The fraction of sp³-hybridized carbons (Fsp3) is 0.0588. The van der Waals surface area contributed by atoms with Crippen LogP contribution in [0.25, 0.3) is 11.3 Å². The summed E-state index contributed by atoms with van der Waals surface area (Å²) in [5.41, 5.74) is 8.13. The van der Waals surface area contributed by atoms with Crippen molar-refractivity contribution in [1.82, 2.24) is 4.98 Å². The van der Waals surface area contributed by atoms with Crippen molar-refractivity contribution < 1.29 is 9.18 Å². The number of nitrogens with one attached hydrogen (secondary N) is 1. The number of aromatic nitrogens is 1. The van der Waals surface area contributed by atoms with Gasteiger partial charge in [0.15, 0.2) is 4.34 Å². The molecule has 4 nitrogen and oxygen atoms in total. The lowest BCUT2D eigenvalue weighted by molar-refractivity contribution is -0.113. The Morgan fingerprint density at radius 2 is 2.04 bits per heavy atom. The number of thioether (sulfide) groups is 1. The number of nitrogen functional groups attached to an aromatic ring is 1. The molecule has 0 unspecified atom stereocenters. The molecule has 0 fully saturated rings. The molecule has 3 N–H and O–H groups in total. The maximum atomic E-state index is 13.1. The van der Waals surface area contributed by atoms with Crippen molar-refractivity contribution in [2.24, 2.45) is 0 Å². The minimum absolute atomic E-state index is 0.0364. The minimum atomic E-state index is -0.527. The molecule has 0 spiro atoms. The predicted molar refractivity (Wildman–Crippen MR) is 103 cm³/mol. The Kier molecular flexibility index (Phi) is 5.57. The number of anilines is 2. The number of benzene rings is 2. The van der Waals surface area contributed by atoms with Gasteiger partial charge in [0.2, 0.25) is 5.91 Å². The number of hydrogen-bond donors (Lipinski definition) is 2. The third kappa shape index (κ3) is 4.50. The summed E-state index contributed by atoms with van der Waals surface area (Å²) < 4.78 is 13.8. The Morgan fingerprint density at radius 3 is 2.76 bits per heavy atom. The van der Waals surface area contributed by atoms with E-state index in [0.717, 1.165) is 11.3 Å². The Hall–Kier alpha value is -2.09. The van der Waals surface area contributed by atoms with Crippen LogP contribution < -0.4 is 11.1 Å². The zero-order chi connectivity index (χ0) is 17.8. The van der Waals surface area contributed by atoms with Gasteiger partial charge in [-0.1, -0.05) is 65.0 Å².